The van der Waals surface area contributed by atoms with Gasteiger partial charge in [0.1, 0.15) is 5.75 Å². The lowest BCUT2D eigenvalue weighted by Gasteiger charge is -2.18. The lowest BCUT2D eigenvalue weighted by molar-refractivity contribution is -0.131. The second-order valence-corrected chi connectivity index (χ2v) is 4.18. The summed E-state index contributed by atoms with van der Waals surface area (Å²) in [6, 6.07) is 7.59. The topological polar surface area (TPSA) is 32.8 Å². The standard InChI is InChI=1S/C13H16N2O2/c1-11(16)17-13-5-3-12(4-6-13)9-15-8-7-14(2)10-15/h3-8H,9-10H2,1-2H3. The van der Waals surface area contributed by atoms with E-state index in [1.54, 1.807) is 0 Å². The van der Waals surface area contributed by atoms with Crippen molar-refractivity contribution in [1.82, 2.24) is 9.80 Å². The van der Waals surface area contributed by atoms with E-state index in [4.69, 9.17) is 4.74 Å². The highest BCUT2D eigenvalue weighted by atomic mass is 16.5. The van der Waals surface area contributed by atoms with E-state index in [1.807, 2.05) is 37.5 Å². The van der Waals surface area contributed by atoms with Crippen LogP contribution in [0, 0.1) is 0 Å². The number of hydrogen-bond acceptors (Lipinski definition) is 4. The lowest BCUT2D eigenvalue weighted by atomic mass is 10.2. The number of carbonyl (C=O) groups is 1. The van der Waals surface area contributed by atoms with Crippen LogP contribution in [-0.4, -0.2) is 29.5 Å². The molecule has 0 N–H and O–H groups in total. The van der Waals surface area contributed by atoms with Gasteiger partial charge in [0.2, 0.25) is 0 Å². The molecule has 0 aliphatic carbocycles. The highest BCUT2D eigenvalue weighted by molar-refractivity contribution is 5.69. The van der Waals surface area contributed by atoms with E-state index < -0.39 is 0 Å². The summed E-state index contributed by atoms with van der Waals surface area (Å²) in [7, 11) is 2.04. The smallest absolute Gasteiger partial charge is 0.308 e. The van der Waals surface area contributed by atoms with Gasteiger partial charge in [-0.2, -0.15) is 0 Å². The quantitative estimate of drug-likeness (QED) is 0.587. The van der Waals surface area contributed by atoms with Crippen LogP contribution in [0.25, 0.3) is 0 Å². The van der Waals surface area contributed by atoms with E-state index in [9.17, 15) is 4.79 Å². The molecule has 0 aromatic heterocycles. The summed E-state index contributed by atoms with van der Waals surface area (Å²) in [5.74, 6) is 0.303. The lowest BCUT2D eigenvalue weighted by Crippen LogP contribution is -2.21. The Kier molecular flexibility index (Phi) is 3.32. The Bertz CT molecular complexity index is 426. The van der Waals surface area contributed by atoms with Gasteiger partial charge >= 0.3 is 5.97 Å². The first-order chi connectivity index (χ1) is 8.13. The van der Waals surface area contributed by atoms with Gasteiger partial charge in [-0.3, -0.25) is 4.79 Å². The Morgan fingerprint density at radius 3 is 2.53 bits per heavy atom. The SMILES string of the molecule is CC(=O)Oc1ccc(CN2C=CN(C)C2)cc1. The molecule has 0 spiro atoms. The molecule has 0 radical (unpaired) electrons. The van der Waals surface area contributed by atoms with Crippen LogP contribution in [-0.2, 0) is 11.3 Å². The minimum absolute atomic E-state index is 0.290. The molecule has 17 heavy (non-hydrogen) atoms. The average Bonchev–Trinajstić information content (AvgIpc) is 2.66. The molecule has 1 aromatic carbocycles. The van der Waals surface area contributed by atoms with Gasteiger partial charge in [0.25, 0.3) is 0 Å². The molecule has 4 nitrogen and oxygen atoms in total. The molecule has 0 amide bonds. The summed E-state index contributed by atoms with van der Waals surface area (Å²) >= 11 is 0. The molecule has 90 valence electrons. The second-order valence-electron chi connectivity index (χ2n) is 4.18. The van der Waals surface area contributed by atoms with Crippen LogP contribution in [0.15, 0.2) is 36.7 Å². The molecule has 1 aliphatic heterocycles. The third-order valence-corrected chi connectivity index (χ3v) is 2.51. The summed E-state index contributed by atoms with van der Waals surface area (Å²) in [6.07, 6.45) is 4.12. The van der Waals surface area contributed by atoms with Gasteiger partial charge in [0, 0.05) is 32.9 Å². The number of carbonyl (C=O) groups excluding carboxylic acids is 1. The van der Waals surface area contributed by atoms with Crippen LogP contribution in [0.3, 0.4) is 0 Å². The third-order valence-electron chi connectivity index (χ3n) is 2.51. The predicted octanol–water partition coefficient (Wildman–Crippen LogP) is 1.79. The van der Waals surface area contributed by atoms with Crippen molar-refractivity contribution in [3.05, 3.63) is 42.2 Å². The normalized spacial score (nSPS) is 14.2. The monoisotopic (exact) mass is 232 g/mol. The highest BCUT2D eigenvalue weighted by Crippen LogP contribution is 2.15. The van der Waals surface area contributed by atoms with Gasteiger partial charge < -0.3 is 14.5 Å². The zero-order valence-corrected chi connectivity index (χ0v) is 10.1. The van der Waals surface area contributed by atoms with E-state index in [0.29, 0.717) is 5.75 Å². The van der Waals surface area contributed by atoms with Crippen LogP contribution in [0.2, 0.25) is 0 Å². The number of hydrogen-bond donors (Lipinski definition) is 0. The van der Waals surface area contributed by atoms with Crippen molar-refractivity contribution in [2.45, 2.75) is 13.5 Å². The Labute approximate surface area is 101 Å². The van der Waals surface area contributed by atoms with Gasteiger partial charge in [-0.05, 0) is 17.7 Å². The number of nitrogens with zero attached hydrogens (tertiary/aromatic N) is 2. The number of ether oxygens (including phenoxy) is 1. The molecule has 0 fully saturated rings. The molecule has 1 aliphatic rings. The zero-order chi connectivity index (χ0) is 12.3. The fourth-order valence-corrected chi connectivity index (χ4v) is 1.75. The van der Waals surface area contributed by atoms with Crippen molar-refractivity contribution in [1.29, 1.82) is 0 Å². The zero-order valence-electron chi connectivity index (χ0n) is 10.1. The van der Waals surface area contributed by atoms with Crippen LogP contribution < -0.4 is 4.74 Å². The van der Waals surface area contributed by atoms with Gasteiger partial charge in [0.15, 0.2) is 0 Å². The van der Waals surface area contributed by atoms with Crippen molar-refractivity contribution < 1.29 is 9.53 Å². The Hall–Kier alpha value is -1.97. The molecule has 0 bridgehead atoms. The van der Waals surface area contributed by atoms with Crippen LogP contribution >= 0.6 is 0 Å². The van der Waals surface area contributed by atoms with Gasteiger partial charge in [0.05, 0.1) is 6.67 Å². The van der Waals surface area contributed by atoms with E-state index >= 15 is 0 Å². The average molecular weight is 232 g/mol. The van der Waals surface area contributed by atoms with Crippen LogP contribution in [0.1, 0.15) is 12.5 Å². The Morgan fingerprint density at radius 1 is 1.29 bits per heavy atom. The van der Waals surface area contributed by atoms with Gasteiger partial charge in [-0.25, -0.2) is 0 Å². The van der Waals surface area contributed by atoms with E-state index in [2.05, 4.69) is 16.0 Å². The van der Waals surface area contributed by atoms with Crippen LogP contribution in [0.4, 0.5) is 0 Å². The fraction of sp³-hybridized carbons (Fsp3) is 0.308. The van der Waals surface area contributed by atoms with Crippen LogP contribution in [0.5, 0.6) is 5.75 Å². The molecule has 2 rings (SSSR count). The third kappa shape index (κ3) is 3.24. The first kappa shape index (κ1) is 11.5. The van der Waals surface area contributed by atoms with Crippen molar-refractivity contribution in [3.8, 4) is 5.75 Å². The largest absolute Gasteiger partial charge is 0.427 e. The first-order valence-electron chi connectivity index (χ1n) is 5.53. The summed E-state index contributed by atoms with van der Waals surface area (Å²) in [5, 5.41) is 0. The molecule has 1 aromatic rings. The van der Waals surface area contributed by atoms with E-state index in [1.165, 1.54) is 12.5 Å². The highest BCUT2D eigenvalue weighted by Gasteiger charge is 2.08. The van der Waals surface area contributed by atoms with Crippen molar-refractivity contribution in [3.63, 3.8) is 0 Å². The molecule has 4 heteroatoms. The molecular weight excluding hydrogens is 216 g/mol. The van der Waals surface area contributed by atoms with Gasteiger partial charge in [-0.15, -0.1) is 0 Å². The Balaban J connectivity index is 1.94. The summed E-state index contributed by atoms with van der Waals surface area (Å²) < 4.78 is 4.98. The molecule has 0 saturated carbocycles. The molecular formula is C13H16N2O2. The number of benzene rings is 1. The van der Waals surface area contributed by atoms with Crippen molar-refractivity contribution in [2.24, 2.45) is 0 Å². The fourth-order valence-electron chi connectivity index (χ4n) is 1.75. The molecule has 0 unspecified atom stereocenters. The molecule has 1 heterocycles. The Morgan fingerprint density at radius 2 is 2.00 bits per heavy atom. The summed E-state index contributed by atoms with van der Waals surface area (Å²) in [4.78, 5) is 15.1. The predicted molar refractivity (Wildman–Crippen MR) is 65.1 cm³/mol. The molecule has 0 saturated heterocycles. The van der Waals surface area contributed by atoms with E-state index in [-0.39, 0.29) is 5.97 Å². The minimum Gasteiger partial charge on any atom is -0.427 e. The van der Waals surface area contributed by atoms with Crippen molar-refractivity contribution in [2.75, 3.05) is 13.7 Å². The van der Waals surface area contributed by atoms with Gasteiger partial charge in [-0.1, -0.05) is 12.1 Å². The maximum Gasteiger partial charge on any atom is 0.308 e. The second kappa shape index (κ2) is 4.91. The maximum absolute atomic E-state index is 10.8. The summed E-state index contributed by atoms with van der Waals surface area (Å²) in [6.45, 7) is 3.17. The maximum atomic E-state index is 10.8. The summed E-state index contributed by atoms with van der Waals surface area (Å²) in [5.41, 5.74) is 1.20. The first-order valence-corrected chi connectivity index (χ1v) is 5.53. The molecule has 0 atom stereocenters. The minimum atomic E-state index is -0.290. The number of rotatable bonds is 3. The number of esters is 1. The van der Waals surface area contributed by atoms with Crippen molar-refractivity contribution >= 4 is 5.97 Å². The van der Waals surface area contributed by atoms with E-state index in [0.717, 1.165) is 13.2 Å².